The summed E-state index contributed by atoms with van der Waals surface area (Å²) in [5.74, 6) is -2.52. The van der Waals surface area contributed by atoms with E-state index in [0.29, 0.717) is 46.7 Å². The van der Waals surface area contributed by atoms with Gasteiger partial charge < -0.3 is 19.6 Å². The first-order chi connectivity index (χ1) is 29.9. The van der Waals surface area contributed by atoms with Crippen LogP contribution in [0.1, 0.15) is 71.9 Å². The summed E-state index contributed by atoms with van der Waals surface area (Å²) in [4.78, 5) is 64.0. The van der Waals surface area contributed by atoms with Crippen molar-refractivity contribution in [3.05, 3.63) is 138 Å². The van der Waals surface area contributed by atoms with E-state index < -0.39 is 29.2 Å². The summed E-state index contributed by atoms with van der Waals surface area (Å²) in [6.45, 7) is 5.25. The molecule has 312 valence electrons. The first-order valence-corrected chi connectivity index (χ1v) is 21.5. The first-order valence-electron chi connectivity index (χ1n) is 21.5. The number of carbonyl (C=O) groups excluding carboxylic acids is 4. The van der Waals surface area contributed by atoms with E-state index in [-0.39, 0.29) is 49.2 Å². The van der Waals surface area contributed by atoms with Gasteiger partial charge in [-0.1, -0.05) is 67.6 Å². The Balaban J connectivity index is 0.988. The highest BCUT2D eigenvalue weighted by molar-refractivity contribution is 6.29. The number of nitrogens with zero attached hydrogens (tertiary/aromatic N) is 4. The second-order valence-corrected chi connectivity index (χ2v) is 17.9. The first kappa shape index (κ1) is 38.5. The number of carbonyl (C=O) groups is 4. The Morgan fingerprint density at radius 1 is 0.790 bits per heavy atom. The summed E-state index contributed by atoms with van der Waals surface area (Å²) in [6.07, 6.45) is 0.326. The highest BCUT2D eigenvalue weighted by atomic mass is 19.1. The number of anilines is 5. The normalized spacial score (nSPS) is 23.9. The van der Waals surface area contributed by atoms with E-state index in [1.54, 1.807) is 19.6 Å². The lowest BCUT2D eigenvalue weighted by molar-refractivity contribution is -0.150. The van der Waals surface area contributed by atoms with Crippen molar-refractivity contribution in [3.63, 3.8) is 0 Å². The Bertz CT molecular complexity index is 2900. The average molecular weight is 829 g/mol. The van der Waals surface area contributed by atoms with Crippen LogP contribution in [0.5, 0.6) is 0 Å². The van der Waals surface area contributed by atoms with Gasteiger partial charge in [-0.25, -0.2) is 4.39 Å². The highest BCUT2D eigenvalue weighted by Crippen LogP contribution is 2.60. The number of amides is 4. The summed E-state index contributed by atoms with van der Waals surface area (Å²) in [6, 6.07) is 35.8. The average Bonchev–Trinajstić information content (AvgIpc) is 4.05. The van der Waals surface area contributed by atoms with Crippen LogP contribution in [0, 0.1) is 11.8 Å². The fraction of sp³-hybridized carbons (Fsp3) is 0.294. The maximum absolute atomic E-state index is 16.7. The SMILES string of the molecule is C[C@H]1[C@H](C(C)(C)F)[C@@H](CC(=O)N2CCC[C@H]2CO)O[C@]12C(=O)N(Cc1ccc(N3C(=O)c4cccc5cccc3c45)cc1)c1ccc(N3C(=O)c4cccc5cccc3c45)cc12. The third-order valence-electron chi connectivity index (χ3n) is 14.1. The zero-order valence-corrected chi connectivity index (χ0v) is 34.7. The smallest absolute Gasteiger partial charge is 0.264 e. The Morgan fingerprint density at radius 2 is 1.37 bits per heavy atom. The lowest BCUT2D eigenvalue weighted by Gasteiger charge is -2.33. The maximum atomic E-state index is 16.7. The van der Waals surface area contributed by atoms with Crippen LogP contribution in [-0.2, 0) is 26.5 Å². The molecule has 0 unspecified atom stereocenters. The number of aliphatic hydroxyl groups is 1. The standard InChI is InChI=1S/C51H45FN4O6/c1-29-46(50(2,3)52)42(26-43(58)53-24-8-13-35(53)28-57)62-51(29)38-25-34(56-41-17-7-12-32-10-5-15-37(45(32)41)48(56)60)22-23-39(38)54(49(51)61)27-30-18-20-33(21-19-30)55-40-16-6-11-31-9-4-14-36(44(31)40)47(55)59/h4-7,9-12,14-23,25,29,35,42,46,57H,8,13,24,26-28H2,1-3H3/t29-,35-,42+,46-,51+/m0/s1. The molecule has 10 nitrogen and oxygen atoms in total. The molecule has 4 amide bonds. The third kappa shape index (κ3) is 5.40. The number of rotatable bonds is 8. The van der Waals surface area contributed by atoms with Crippen LogP contribution < -0.4 is 14.7 Å². The predicted octanol–water partition coefficient (Wildman–Crippen LogP) is 9.09. The van der Waals surface area contributed by atoms with E-state index in [9.17, 15) is 19.5 Å². The van der Waals surface area contributed by atoms with Gasteiger partial charge in [-0.2, -0.15) is 0 Å². The number of likely N-dealkylation sites (tertiary alicyclic amines) is 1. The molecule has 5 heterocycles. The minimum absolute atomic E-state index is 0.107. The molecule has 0 aliphatic carbocycles. The molecule has 0 aromatic heterocycles. The fourth-order valence-electron chi connectivity index (χ4n) is 11.5. The summed E-state index contributed by atoms with van der Waals surface area (Å²) in [5, 5.41) is 13.7. The van der Waals surface area contributed by atoms with Crippen molar-refractivity contribution < 1.29 is 33.4 Å². The number of aliphatic hydroxyl groups excluding tert-OH is 1. The largest absolute Gasteiger partial charge is 0.394 e. The Hall–Kier alpha value is -6.43. The number of hydrogen-bond donors (Lipinski definition) is 1. The molecule has 5 aliphatic rings. The monoisotopic (exact) mass is 828 g/mol. The topological polar surface area (TPSA) is 111 Å². The van der Waals surface area contributed by atoms with E-state index in [2.05, 4.69) is 0 Å². The van der Waals surface area contributed by atoms with Crippen LogP contribution >= 0.6 is 0 Å². The van der Waals surface area contributed by atoms with Gasteiger partial charge in [0.25, 0.3) is 17.7 Å². The molecular formula is C51H45FN4O6. The van der Waals surface area contributed by atoms with Gasteiger partial charge in [-0.15, -0.1) is 0 Å². The van der Waals surface area contributed by atoms with Crippen LogP contribution in [0.4, 0.5) is 32.8 Å². The van der Waals surface area contributed by atoms with Crippen LogP contribution in [0.2, 0.25) is 0 Å². The zero-order valence-electron chi connectivity index (χ0n) is 34.7. The van der Waals surface area contributed by atoms with Crippen molar-refractivity contribution in [2.45, 2.75) is 70.0 Å². The van der Waals surface area contributed by atoms with Crippen LogP contribution in [-0.4, -0.2) is 64.6 Å². The number of halogens is 1. The fourth-order valence-corrected chi connectivity index (χ4v) is 11.5. The number of fused-ring (bicyclic) bond motifs is 2. The third-order valence-corrected chi connectivity index (χ3v) is 14.1. The Kier molecular flexibility index (Phi) is 8.56. The second kappa shape index (κ2) is 13.8. The summed E-state index contributed by atoms with van der Waals surface area (Å²) < 4.78 is 23.7. The molecule has 6 aromatic carbocycles. The van der Waals surface area contributed by atoms with Gasteiger partial charge in [0.2, 0.25) is 5.91 Å². The van der Waals surface area contributed by atoms with Gasteiger partial charge in [0.1, 0.15) is 5.67 Å². The minimum atomic E-state index is -1.85. The van der Waals surface area contributed by atoms with Gasteiger partial charge in [0.05, 0.1) is 59.9 Å². The van der Waals surface area contributed by atoms with Gasteiger partial charge in [0.15, 0.2) is 5.60 Å². The van der Waals surface area contributed by atoms with Gasteiger partial charge in [0, 0.05) is 46.1 Å². The molecule has 2 fully saturated rings. The van der Waals surface area contributed by atoms with Crippen LogP contribution in [0.25, 0.3) is 21.5 Å². The number of benzene rings is 6. The van der Waals surface area contributed by atoms with Crippen molar-refractivity contribution in [3.8, 4) is 0 Å². The summed E-state index contributed by atoms with van der Waals surface area (Å²) >= 11 is 0. The van der Waals surface area contributed by atoms with E-state index in [1.807, 2.05) is 122 Å². The van der Waals surface area contributed by atoms with Crippen molar-refractivity contribution >= 4 is 73.6 Å². The molecule has 11 rings (SSSR count). The molecule has 2 saturated heterocycles. The summed E-state index contributed by atoms with van der Waals surface area (Å²) in [7, 11) is 0. The Morgan fingerprint density at radius 3 is 1.97 bits per heavy atom. The van der Waals surface area contributed by atoms with E-state index in [0.717, 1.165) is 44.9 Å². The molecule has 0 radical (unpaired) electrons. The predicted molar refractivity (Wildman–Crippen MR) is 236 cm³/mol. The van der Waals surface area contributed by atoms with Gasteiger partial charge in [-0.3, -0.25) is 29.0 Å². The molecule has 5 atom stereocenters. The van der Waals surface area contributed by atoms with E-state index in [1.165, 1.54) is 13.8 Å². The molecule has 11 heteroatoms. The van der Waals surface area contributed by atoms with Gasteiger partial charge in [-0.05, 0) is 97.6 Å². The number of ether oxygens (including phenoxy) is 1. The zero-order chi connectivity index (χ0) is 42.8. The van der Waals surface area contributed by atoms with Crippen LogP contribution in [0.15, 0.2) is 115 Å². The molecule has 5 aliphatic heterocycles. The number of hydrogen-bond acceptors (Lipinski definition) is 6. The lowest BCUT2D eigenvalue weighted by Crippen LogP contribution is -2.45. The van der Waals surface area contributed by atoms with Crippen molar-refractivity contribution in [2.24, 2.45) is 11.8 Å². The molecule has 6 aromatic rings. The second-order valence-electron chi connectivity index (χ2n) is 17.9. The van der Waals surface area contributed by atoms with Crippen molar-refractivity contribution in [1.29, 1.82) is 0 Å². The molecule has 62 heavy (non-hydrogen) atoms. The maximum Gasteiger partial charge on any atom is 0.264 e. The van der Waals surface area contributed by atoms with Crippen molar-refractivity contribution in [1.82, 2.24) is 4.90 Å². The lowest BCUT2D eigenvalue weighted by atomic mass is 9.71. The molecule has 0 bridgehead atoms. The highest BCUT2D eigenvalue weighted by Gasteiger charge is 2.66. The summed E-state index contributed by atoms with van der Waals surface area (Å²) in [5.41, 5.74) is 2.32. The van der Waals surface area contributed by atoms with Gasteiger partial charge >= 0.3 is 0 Å². The van der Waals surface area contributed by atoms with Crippen molar-refractivity contribution in [2.75, 3.05) is 27.9 Å². The molecule has 0 saturated carbocycles. The Labute approximate surface area is 358 Å². The molecule has 1 spiro atoms. The van der Waals surface area contributed by atoms with E-state index >= 15 is 9.18 Å². The number of alkyl halides is 1. The quantitative estimate of drug-likeness (QED) is 0.164. The van der Waals surface area contributed by atoms with E-state index in [4.69, 9.17) is 4.74 Å². The minimum Gasteiger partial charge on any atom is -0.394 e. The molecule has 1 N–H and O–H groups in total. The molecular weight excluding hydrogens is 784 g/mol. The van der Waals surface area contributed by atoms with Crippen LogP contribution in [0.3, 0.4) is 0 Å².